The topological polar surface area (TPSA) is 0 Å². The lowest BCUT2D eigenvalue weighted by molar-refractivity contribution is 1.32. The molecule has 0 unspecified atom stereocenters. The van der Waals surface area contributed by atoms with Gasteiger partial charge in [0, 0.05) is 22.3 Å². The fourth-order valence-electron chi connectivity index (χ4n) is 0.798. The maximum atomic E-state index is 5.90. The highest BCUT2D eigenvalue weighted by Crippen LogP contribution is 2.19. The van der Waals surface area contributed by atoms with Crippen molar-refractivity contribution in [1.29, 1.82) is 0 Å². The van der Waals surface area contributed by atoms with Gasteiger partial charge in [-0.15, -0.1) is 0 Å². The first-order valence-corrected chi connectivity index (χ1v) is 5.61. The highest BCUT2D eigenvalue weighted by molar-refractivity contribution is 9.09. The molecule has 0 N–H and O–H groups in total. The maximum Gasteiger partial charge on any atom is 0.0563 e. The van der Waals surface area contributed by atoms with E-state index < -0.39 is 0 Å². The summed E-state index contributed by atoms with van der Waals surface area (Å²) < 4.78 is 0. The van der Waals surface area contributed by atoms with Crippen LogP contribution >= 0.6 is 39.1 Å². The van der Waals surface area contributed by atoms with Crippen molar-refractivity contribution in [2.24, 2.45) is 0 Å². The van der Waals surface area contributed by atoms with Crippen LogP contribution in [0.1, 0.15) is 12.0 Å². The molecule has 0 saturated carbocycles. The molecule has 0 radical (unpaired) electrons. The van der Waals surface area contributed by atoms with Gasteiger partial charge in [-0.25, -0.2) is 0 Å². The molecular formula is C10H7BrCl2. The van der Waals surface area contributed by atoms with Crippen molar-refractivity contribution < 1.29 is 0 Å². The van der Waals surface area contributed by atoms with Crippen LogP contribution in [-0.2, 0) is 0 Å². The second-order valence-electron chi connectivity index (χ2n) is 2.36. The first kappa shape index (κ1) is 10.9. The molecule has 1 aromatic rings. The van der Waals surface area contributed by atoms with Gasteiger partial charge in [-0.1, -0.05) is 51.0 Å². The Labute approximate surface area is 96.4 Å². The number of benzene rings is 1. The number of hydrogen-bond donors (Lipinski definition) is 0. The van der Waals surface area contributed by atoms with Crippen LogP contribution in [0.4, 0.5) is 0 Å². The van der Waals surface area contributed by atoms with Gasteiger partial charge in [-0.2, -0.15) is 0 Å². The third kappa shape index (κ3) is 3.60. The summed E-state index contributed by atoms with van der Waals surface area (Å²) in [6.45, 7) is 0. The van der Waals surface area contributed by atoms with Gasteiger partial charge >= 0.3 is 0 Å². The molecule has 13 heavy (non-hydrogen) atoms. The number of hydrogen-bond acceptors (Lipinski definition) is 0. The molecule has 1 aromatic carbocycles. The molecule has 0 bridgehead atoms. The van der Waals surface area contributed by atoms with E-state index in [0.29, 0.717) is 10.0 Å². The van der Waals surface area contributed by atoms with Gasteiger partial charge in [0.1, 0.15) is 0 Å². The van der Waals surface area contributed by atoms with Crippen LogP contribution in [0.3, 0.4) is 0 Å². The lowest BCUT2D eigenvalue weighted by Crippen LogP contribution is -1.77. The molecule has 0 amide bonds. The molecule has 0 atom stereocenters. The molecule has 1 rings (SSSR count). The first-order chi connectivity index (χ1) is 6.24. The smallest absolute Gasteiger partial charge is 0.0563 e. The van der Waals surface area contributed by atoms with Crippen LogP contribution in [0, 0.1) is 11.8 Å². The van der Waals surface area contributed by atoms with Crippen LogP contribution in [0.5, 0.6) is 0 Å². The van der Waals surface area contributed by atoms with E-state index in [1.165, 1.54) is 0 Å². The van der Waals surface area contributed by atoms with Crippen LogP contribution in [0.25, 0.3) is 0 Å². The normalized spacial score (nSPS) is 9.15. The zero-order chi connectivity index (χ0) is 9.68. The Bertz CT molecular complexity index is 350. The molecule has 0 spiro atoms. The van der Waals surface area contributed by atoms with Gasteiger partial charge in [-0.05, 0) is 18.2 Å². The van der Waals surface area contributed by atoms with Crippen LogP contribution in [0.2, 0.25) is 10.0 Å². The Hall–Kier alpha value is -0.160. The molecule has 3 heteroatoms. The molecule has 0 aliphatic rings. The van der Waals surface area contributed by atoms with Crippen LogP contribution in [0.15, 0.2) is 18.2 Å². The van der Waals surface area contributed by atoms with Gasteiger partial charge < -0.3 is 0 Å². The Kier molecular flexibility index (Phi) is 4.66. The summed E-state index contributed by atoms with van der Waals surface area (Å²) in [5.41, 5.74) is 0.787. The molecule has 0 heterocycles. The Balaban J connectivity index is 2.89. The minimum absolute atomic E-state index is 0.645. The van der Waals surface area contributed by atoms with E-state index in [1.807, 2.05) is 0 Å². The van der Waals surface area contributed by atoms with Crippen molar-refractivity contribution in [2.75, 3.05) is 5.33 Å². The van der Waals surface area contributed by atoms with Gasteiger partial charge in [0.05, 0.1) is 5.02 Å². The van der Waals surface area contributed by atoms with E-state index >= 15 is 0 Å². The fraction of sp³-hybridized carbons (Fsp3) is 0.200. The second kappa shape index (κ2) is 5.54. The summed E-state index contributed by atoms with van der Waals surface area (Å²) in [4.78, 5) is 0. The molecule has 0 nitrogen and oxygen atoms in total. The van der Waals surface area contributed by atoms with Crippen molar-refractivity contribution in [2.45, 2.75) is 6.42 Å². The Morgan fingerprint density at radius 1 is 1.31 bits per heavy atom. The zero-order valence-electron chi connectivity index (χ0n) is 6.78. The van der Waals surface area contributed by atoms with Crippen LogP contribution < -0.4 is 0 Å². The molecule has 68 valence electrons. The first-order valence-electron chi connectivity index (χ1n) is 3.74. The van der Waals surface area contributed by atoms with E-state index in [0.717, 1.165) is 17.3 Å². The molecule has 0 aromatic heterocycles. The highest BCUT2D eigenvalue weighted by Gasteiger charge is 1.96. The lowest BCUT2D eigenvalue weighted by Gasteiger charge is -1.95. The maximum absolute atomic E-state index is 5.90. The third-order valence-electron chi connectivity index (χ3n) is 1.37. The second-order valence-corrected chi connectivity index (χ2v) is 4.00. The zero-order valence-corrected chi connectivity index (χ0v) is 9.88. The number of halogens is 3. The number of alkyl halides is 1. The predicted octanol–water partition coefficient (Wildman–Crippen LogP) is 4.13. The van der Waals surface area contributed by atoms with Gasteiger partial charge in [-0.3, -0.25) is 0 Å². The van der Waals surface area contributed by atoms with Crippen molar-refractivity contribution >= 4 is 39.1 Å². The summed E-state index contributed by atoms with van der Waals surface area (Å²) in [6.07, 6.45) is 0.808. The van der Waals surface area contributed by atoms with E-state index in [2.05, 4.69) is 27.8 Å². The summed E-state index contributed by atoms with van der Waals surface area (Å²) in [7, 11) is 0. The summed E-state index contributed by atoms with van der Waals surface area (Å²) in [5, 5.41) is 2.18. The minimum atomic E-state index is 0.645. The van der Waals surface area contributed by atoms with E-state index in [4.69, 9.17) is 23.2 Å². The SMILES string of the molecule is Clc1ccc(Cl)c(C#CCCBr)c1. The molecular weight excluding hydrogens is 271 g/mol. The van der Waals surface area contributed by atoms with Gasteiger partial charge in [0.2, 0.25) is 0 Å². The molecule has 0 fully saturated rings. The van der Waals surface area contributed by atoms with Crippen molar-refractivity contribution in [1.82, 2.24) is 0 Å². The minimum Gasteiger partial charge on any atom is -0.0970 e. The van der Waals surface area contributed by atoms with E-state index in [9.17, 15) is 0 Å². The lowest BCUT2D eigenvalue weighted by atomic mass is 10.2. The standard InChI is InChI=1S/C10H7BrCl2/c11-6-2-1-3-8-7-9(12)4-5-10(8)13/h4-5,7H,2,6H2. The van der Waals surface area contributed by atoms with Crippen LogP contribution in [-0.4, -0.2) is 5.33 Å². The van der Waals surface area contributed by atoms with Gasteiger partial charge in [0.25, 0.3) is 0 Å². The number of rotatable bonds is 1. The Morgan fingerprint density at radius 2 is 2.08 bits per heavy atom. The summed E-state index contributed by atoms with van der Waals surface area (Å²) in [6, 6.07) is 5.27. The monoisotopic (exact) mass is 276 g/mol. The van der Waals surface area contributed by atoms with Crippen molar-refractivity contribution in [3.05, 3.63) is 33.8 Å². The largest absolute Gasteiger partial charge is 0.0970 e. The average Bonchev–Trinajstić information content (AvgIpc) is 2.11. The third-order valence-corrected chi connectivity index (χ3v) is 2.33. The fourth-order valence-corrected chi connectivity index (χ4v) is 1.33. The quantitative estimate of drug-likeness (QED) is 0.535. The summed E-state index contributed by atoms with van der Waals surface area (Å²) in [5.74, 6) is 5.94. The van der Waals surface area contributed by atoms with E-state index in [-0.39, 0.29) is 0 Å². The molecule has 0 aliphatic carbocycles. The summed E-state index contributed by atoms with van der Waals surface area (Å²) >= 11 is 15.0. The van der Waals surface area contributed by atoms with Crippen molar-refractivity contribution in [3.63, 3.8) is 0 Å². The predicted molar refractivity (Wildman–Crippen MR) is 61.8 cm³/mol. The molecule has 0 saturated heterocycles. The van der Waals surface area contributed by atoms with E-state index in [1.54, 1.807) is 18.2 Å². The Morgan fingerprint density at radius 3 is 2.77 bits per heavy atom. The van der Waals surface area contributed by atoms with Crippen molar-refractivity contribution in [3.8, 4) is 11.8 Å². The average molecular weight is 278 g/mol. The molecule has 0 aliphatic heterocycles. The highest BCUT2D eigenvalue weighted by atomic mass is 79.9. The van der Waals surface area contributed by atoms with Gasteiger partial charge in [0.15, 0.2) is 0 Å².